The van der Waals surface area contributed by atoms with Crippen molar-refractivity contribution in [3.63, 3.8) is 0 Å². The Hall–Kier alpha value is -1.38. The fourth-order valence-electron chi connectivity index (χ4n) is 0.948. The molecule has 0 bridgehead atoms. The molecule has 11 heavy (non-hydrogen) atoms. The summed E-state index contributed by atoms with van der Waals surface area (Å²) in [5.74, 6) is 0. The van der Waals surface area contributed by atoms with Gasteiger partial charge in [0.2, 0.25) is 0 Å². The van der Waals surface area contributed by atoms with Gasteiger partial charge in [0, 0.05) is 27.4 Å². The second kappa shape index (κ2) is 2.70. The number of benzene rings is 1. The number of nitrogens with two attached hydrogens (primary N) is 1. The van der Waals surface area contributed by atoms with Crippen LogP contribution in [0.3, 0.4) is 0 Å². The third kappa shape index (κ3) is 1.37. The van der Waals surface area contributed by atoms with Crippen molar-refractivity contribution in [2.24, 2.45) is 0 Å². The van der Waals surface area contributed by atoms with Gasteiger partial charge in [-0.05, 0) is 25.5 Å². The second-order valence-electron chi connectivity index (χ2n) is 2.63. The van der Waals surface area contributed by atoms with Crippen LogP contribution >= 0.6 is 0 Å². The lowest BCUT2D eigenvalue weighted by Gasteiger charge is -1.98. The number of hydrogen-bond acceptors (Lipinski definition) is 2. The van der Waals surface area contributed by atoms with E-state index in [0.29, 0.717) is 5.69 Å². The third-order valence-electron chi connectivity index (χ3n) is 1.72. The molecule has 3 heteroatoms. The van der Waals surface area contributed by atoms with Crippen LogP contribution in [0, 0.1) is 18.8 Å². The van der Waals surface area contributed by atoms with Crippen LogP contribution in [-0.2, 0) is 0 Å². The number of nitroso groups, excluding NO2 is 1. The molecule has 0 saturated heterocycles. The molecule has 1 rings (SSSR count). The molecular formula is C8H11N2O+. The molecule has 0 aliphatic rings. The quantitative estimate of drug-likeness (QED) is 0.569. The lowest BCUT2D eigenvalue weighted by Crippen LogP contribution is -2.56. The van der Waals surface area contributed by atoms with Gasteiger partial charge < -0.3 is 5.73 Å². The molecule has 3 nitrogen and oxygen atoms in total. The fraction of sp³-hybridized carbons (Fsp3) is 0.250. The van der Waals surface area contributed by atoms with Crippen molar-refractivity contribution in [2.45, 2.75) is 13.8 Å². The summed E-state index contributed by atoms with van der Waals surface area (Å²) in [5.41, 5.74) is 8.74. The third-order valence-corrected chi connectivity index (χ3v) is 1.72. The minimum atomic E-state index is 0.594. The van der Waals surface area contributed by atoms with Crippen LogP contribution in [-0.4, -0.2) is 0 Å². The zero-order valence-corrected chi connectivity index (χ0v) is 6.64. The lowest BCUT2D eigenvalue weighted by atomic mass is 10.1. The first-order valence-electron chi connectivity index (χ1n) is 3.40. The smallest absolute Gasteiger partial charge is 0.256 e. The minimum Gasteiger partial charge on any atom is -0.398 e. The normalized spacial score (nSPS) is 9.64. The highest BCUT2D eigenvalue weighted by atomic mass is 16.3. The molecule has 0 aliphatic carbocycles. The predicted octanol–water partition coefficient (Wildman–Crippen LogP) is 0.364. The van der Waals surface area contributed by atoms with E-state index in [1.165, 1.54) is 0 Å². The lowest BCUT2D eigenvalue weighted by molar-refractivity contribution is -0.380. The summed E-state index contributed by atoms with van der Waals surface area (Å²) in [5, 5.41) is 1.86. The van der Waals surface area contributed by atoms with Gasteiger partial charge in [0.1, 0.15) is 0 Å². The number of rotatable bonds is 1. The first-order valence-corrected chi connectivity index (χ1v) is 3.40. The first-order chi connectivity index (χ1) is 5.15. The molecule has 0 aliphatic heterocycles. The zero-order chi connectivity index (χ0) is 8.43. The molecule has 0 saturated carbocycles. The van der Waals surface area contributed by atoms with Crippen molar-refractivity contribution < 1.29 is 5.18 Å². The largest absolute Gasteiger partial charge is 0.398 e. The van der Waals surface area contributed by atoms with Gasteiger partial charge in [-0.25, -0.2) is 0 Å². The van der Waals surface area contributed by atoms with Crippen LogP contribution in [0.2, 0.25) is 0 Å². The predicted molar refractivity (Wildman–Crippen MR) is 44.3 cm³/mol. The monoisotopic (exact) mass is 151 g/mol. The van der Waals surface area contributed by atoms with E-state index in [-0.39, 0.29) is 0 Å². The number of hydrogen-bond donors (Lipinski definition) is 2. The van der Waals surface area contributed by atoms with Crippen LogP contribution in [0.25, 0.3) is 0 Å². The summed E-state index contributed by atoms with van der Waals surface area (Å²) in [6.07, 6.45) is 0. The molecule has 58 valence electrons. The van der Waals surface area contributed by atoms with Gasteiger partial charge in [0.25, 0.3) is 5.69 Å². The molecule has 0 spiro atoms. The standard InChI is InChI=1S/C8H10N2O/c1-5-4-8(10-11)6(2)3-7(5)9/h3-4H,9H2,1-2H3/p+1. The van der Waals surface area contributed by atoms with Gasteiger partial charge in [-0.1, -0.05) is 0 Å². The van der Waals surface area contributed by atoms with Gasteiger partial charge in [-0.3, -0.25) is 0 Å². The van der Waals surface area contributed by atoms with Crippen LogP contribution in [0.15, 0.2) is 12.1 Å². The minimum absolute atomic E-state index is 0.594. The molecule has 0 amide bonds. The van der Waals surface area contributed by atoms with E-state index in [1.807, 2.05) is 19.0 Å². The van der Waals surface area contributed by atoms with Crippen LogP contribution in [0.5, 0.6) is 0 Å². The van der Waals surface area contributed by atoms with Gasteiger partial charge >= 0.3 is 0 Å². The zero-order valence-electron chi connectivity index (χ0n) is 6.64. The van der Waals surface area contributed by atoms with E-state index in [4.69, 9.17) is 5.73 Å². The van der Waals surface area contributed by atoms with E-state index in [2.05, 4.69) is 0 Å². The molecule has 1 aromatic carbocycles. The van der Waals surface area contributed by atoms with Crippen molar-refractivity contribution in [3.8, 4) is 0 Å². The second-order valence-corrected chi connectivity index (χ2v) is 2.63. The molecule has 0 atom stereocenters. The average molecular weight is 151 g/mol. The topological polar surface area (TPSA) is 57.1 Å². The van der Waals surface area contributed by atoms with E-state index < -0.39 is 0 Å². The number of anilines is 1. The van der Waals surface area contributed by atoms with Gasteiger partial charge in [-0.15, -0.1) is 0 Å². The Bertz CT molecular complexity index is 294. The van der Waals surface area contributed by atoms with Gasteiger partial charge in [-0.2, -0.15) is 0 Å². The Labute approximate surface area is 65.2 Å². The van der Waals surface area contributed by atoms with Crippen LogP contribution in [0.4, 0.5) is 11.4 Å². The van der Waals surface area contributed by atoms with Gasteiger partial charge in [0.05, 0.1) is 0 Å². The Morgan fingerprint density at radius 1 is 1.27 bits per heavy atom. The Morgan fingerprint density at radius 3 is 2.45 bits per heavy atom. The SMILES string of the molecule is Cc1cc([NH+]=O)c(C)cc1N. The molecule has 1 aromatic rings. The van der Waals surface area contributed by atoms with E-state index in [1.54, 1.807) is 12.1 Å². The van der Waals surface area contributed by atoms with Crippen molar-refractivity contribution in [3.05, 3.63) is 28.2 Å². The molecule has 0 heterocycles. The van der Waals surface area contributed by atoms with Gasteiger partial charge in [0.15, 0.2) is 0 Å². The highest BCUT2D eigenvalue weighted by Gasteiger charge is 2.06. The summed E-state index contributed by atoms with van der Waals surface area (Å²) in [7, 11) is 0. The van der Waals surface area contributed by atoms with E-state index in [9.17, 15) is 4.91 Å². The average Bonchev–Trinajstić information content (AvgIpc) is 1.97. The van der Waals surface area contributed by atoms with E-state index in [0.717, 1.165) is 16.8 Å². The molecule has 0 fully saturated rings. The number of nitrogens with one attached hydrogen (secondary N) is 1. The molecule has 0 radical (unpaired) electrons. The number of nitrogen functional groups attached to an aromatic ring is 1. The Balaban J connectivity index is 3.31. The highest BCUT2D eigenvalue weighted by Crippen LogP contribution is 2.17. The Morgan fingerprint density at radius 2 is 1.91 bits per heavy atom. The summed E-state index contributed by atoms with van der Waals surface area (Å²) < 4.78 is 0. The molecule has 0 unspecified atom stereocenters. The maximum Gasteiger partial charge on any atom is 0.256 e. The molecule has 3 N–H and O–H groups in total. The van der Waals surface area contributed by atoms with Crippen molar-refractivity contribution in [2.75, 3.05) is 5.73 Å². The maximum atomic E-state index is 10.3. The summed E-state index contributed by atoms with van der Waals surface area (Å²) in [4.78, 5) is 10.3. The number of aryl methyl sites for hydroxylation is 2. The van der Waals surface area contributed by atoms with E-state index >= 15 is 0 Å². The fourth-order valence-corrected chi connectivity index (χ4v) is 0.948. The first kappa shape index (κ1) is 7.72. The van der Waals surface area contributed by atoms with Crippen LogP contribution < -0.4 is 10.9 Å². The van der Waals surface area contributed by atoms with Crippen molar-refractivity contribution >= 4 is 11.4 Å². The highest BCUT2D eigenvalue weighted by molar-refractivity contribution is 5.55. The van der Waals surface area contributed by atoms with Crippen LogP contribution in [0.1, 0.15) is 11.1 Å². The molecular weight excluding hydrogens is 140 g/mol. The summed E-state index contributed by atoms with van der Waals surface area (Å²) in [6, 6.07) is 3.53. The summed E-state index contributed by atoms with van der Waals surface area (Å²) >= 11 is 0. The maximum absolute atomic E-state index is 10.3. The summed E-state index contributed by atoms with van der Waals surface area (Å²) in [6.45, 7) is 3.71. The van der Waals surface area contributed by atoms with Crippen molar-refractivity contribution in [1.82, 2.24) is 0 Å². The Kier molecular flexibility index (Phi) is 1.89. The van der Waals surface area contributed by atoms with Crippen molar-refractivity contribution in [1.29, 1.82) is 0 Å². The molecule has 0 aromatic heterocycles.